The van der Waals surface area contributed by atoms with Gasteiger partial charge in [0, 0.05) is 0 Å². The molecule has 0 spiro atoms. The van der Waals surface area contributed by atoms with E-state index < -0.39 is 11.7 Å². The Balaban J connectivity index is -0.000000285. The van der Waals surface area contributed by atoms with Crippen molar-refractivity contribution in [3.63, 3.8) is 0 Å². The molecule has 0 aliphatic carbocycles. The highest BCUT2D eigenvalue weighted by atomic mass is 19.4. The molecule has 0 aliphatic rings. The molecule has 0 saturated carbocycles. The van der Waals surface area contributed by atoms with Crippen molar-refractivity contribution in [1.82, 2.24) is 0 Å². The Labute approximate surface area is 104 Å². The average molecular weight is 250 g/mol. The van der Waals surface area contributed by atoms with Gasteiger partial charge in [0.15, 0.2) is 0 Å². The molecule has 0 aliphatic heterocycles. The standard InChI is InChI=1S/C8H7F3.3C2H6/c1-6-2-4-7(5-3-6)8(9,10)11;3*1-2/h2-5H,1H3;3*1-2H3. The van der Waals surface area contributed by atoms with Gasteiger partial charge >= 0.3 is 6.18 Å². The summed E-state index contributed by atoms with van der Waals surface area (Å²) in [6, 6.07) is 5.05. The molecule has 0 aromatic heterocycles. The summed E-state index contributed by atoms with van der Waals surface area (Å²) < 4.78 is 35.8. The zero-order valence-electron chi connectivity index (χ0n) is 11.9. The number of halogens is 3. The van der Waals surface area contributed by atoms with E-state index in [1.807, 2.05) is 41.5 Å². The molecule has 1 aromatic carbocycles. The minimum absolute atomic E-state index is 0.594. The quantitative estimate of drug-likeness (QED) is 0.522. The van der Waals surface area contributed by atoms with E-state index in [1.165, 1.54) is 12.1 Å². The molecule has 0 heterocycles. The SMILES string of the molecule is CC.CC.CC.Cc1ccc(C(F)(F)F)cc1. The van der Waals surface area contributed by atoms with Gasteiger partial charge in [0.25, 0.3) is 0 Å². The highest BCUT2D eigenvalue weighted by Crippen LogP contribution is 2.28. The second-order valence-electron chi connectivity index (χ2n) is 2.36. The van der Waals surface area contributed by atoms with E-state index in [2.05, 4.69) is 0 Å². The van der Waals surface area contributed by atoms with Crippen LogP contribution in [0.4, 0.5) is 13.2 Å². The van der Waals surface area contributed by atoms with E-state index in [-0.39, 0.29) is 0 Å². The molecular formula is C14H25F3. The Morgan fingerprint density at radius 2 is 1.00 bits per heavy atom. The van der Waals surface area contributed by atoms with Gasteiger partial charge in [-0.25, -0.2) is 0 Å². The number of benzene rings is 1. The normalized spacial score (nSPS) is 8.59. The van der Waals surface area contributed by atoms with Gasteiger partial charge in [0.2, 0.25) is 0 Å². The fourth-order valence-corrected chi connectivity index (χ4v) is 0.743. The van der Waals surface area contributed by atoms with Gasteiger partial charge in [0.1, 0.15) is 0 Å². The minimum Gasteiger partial charge on any atom is -0.166 e. The zero-order valence-corrected chi connectivity index (χ0v) is 11.9. The first-order chi connectivity index (χ1) is 8.00. The van der Waals surface area contributed by atoms with Crippen LogP contribution in [-0.4, -0.2) is 0 Å². The summed E-state index contributed by atoms with van der Waals surface area (Å²) in [7, 11) is 0. The first kappa shape index (κ1) is 21.3. The lowest BCUT2D eigenvalue weighted by Crippen LogP contribution is -2.03. The third-order valence-corrected chi connectivity index (χ3v) is 1.38. The van der Waals surface area contributed by atoms with Crippen LogP contribution in [0.15, 0.2) is 24.3 Å². The van der Waals surface area contributed by atoms with Gasteiger partial charge in [-0.2, -0.15) is 13.2 Å². The molecule has 0 N–H and O–H groups in total. The van der Waals surface area contributed by atoms with Crippen LogP contribution in [0.5, 0.6) is 0 Å². The Morgan fingerprint density at radius 3 is 1.24 bits per heavy atom. The van der Waals surface area contributed by atoms with Gasteiger partial charge in [-0.15, -0.1) is 0 Å². The van der Waals surface area contributed by atoms with Gasteiger partial charge in [-0.05, 0) is 19.1 Å². The van der Waals surface area contributed by atoms with E-state index in [9.17, 15) is 13.2 Å². The molecule has 0 atom stereocenters. The second-order valence-corrected chi connectivity index (χ2v) is 2.36. The maximum absolute atomic E-state index is 11.9. The maximum atomic E-state index is 11.9. The summed E-state index contributed by atoms with van der Waals surface area (Å²) in [5.41, 5.74) is 0.237. The highest BCUT2D eigenvalue weighted by molar-refractivity contribution is 5.23. The van der Waals surface area contributed by atoms with Crippen LogP contribution >= 0.6 is 0 Å². The van der Waals surface area contributed by atoms with Crippen LogP contribution < -0.4 is 0 Å². The van der Waals surface area contributed by atoms with Gasteiger partial charge in [-0.3, -0.25) is 0 Å². The number of rotatable bonds is 0. The zero-order chi connectivity index (χ0) is 14.5. The predicted octanol–water partition coefficient (Wildman–Crippen LogP) is 6.09. The van der Waals surface area contributed by atoms with Crippen LogP contribution in [0.25, 0.3) is 0 Å². The van der Waals surface area contributed by atoms with E-state index >= 15 is 0 Å². The van der Waals surface area contributed by atoms with Crippen molar-refractivity contribution < 1.29 is 13.2 Å². The van der Waals surface area contributed by atoms with Crippen molar-refractivity contribution in [1.29, 1.82) is 0 Å². The van der Waals surface area contributed by atoms with Gasteiger partial charge in [0.05, 0.1) is 5.56 Å². The van der Waals surface area contributed by atoms with Crippen LogP contribution in [-0.2, 0) is 6.18 Å². The molecule has 102 valence electrons. The Bertz CT molecular complexity index is 235. The molecule has 0 saturated heterocycles. The Hall–Kier alpha value is -0.990. The van der Waals surface area contributed by atoms with Gasteiger partial charge in [-0.1, -0.05) is 59.2 Å². The number of hydrogen-bond donors (Lipinski definition) is 0. The third-order valence-electron chi connectivity index (χ3n) is 1.38. The Kier molecular flexibility index (Phi) is 16.4. The summed E-state index contributed by atoms with van der Waals surface area (Å²) in [5.74, 6) is 0. The first-order valence-corrected chi connectivity index (χ1v) is 6.14. The third kappa shape index (κ3) is 11.3. The lowest BCUT2D eigenvalue weighted by molar-refractivity contribution is -0.137. The molecule has 0 nitrogen and oxygen atoms in total. The fourth-order valence-electron chi connectivity index (χ4n) is 0.743. The number of hydrogen-bond acceptors (Lipinski definition) is 0. The van der Waals surface area contributed by atoms with E-state index in [4.69, 9.17) is 0 Å². The molecule has 0 radical (unpaired) electrons. The van der Waals surface area contributed by atoms with Crippen molar-refractivity contribution in [3.05, 3.63) is 35.4 Å². The van der Waals surface area contributed by atoms with Crippen molar-refractivity contribution >= 4 is 0 Å². The lowest BCUT2D eigenvalue weighted by Gasteiger charge is -2.05. The van der Waals surface area contributed by atoms with E-state index in [0.717, 1.165) is 17.7 Å². The minimum atomic E-state index is -4.21. The summed E-state index contributed by atoms with van der Waals surface area (Å²) >= 11 is 0. The van der Waals surface area contributed by atoms with Crippen LogP contribution in [0.1, 0.15) is 52.7 Å². The monoisotopic (exact) mass is 250 g/mol. The van der Waals surface area contributed by atoms with Crippen LogP contribution in [0, 0.1) is 6.92 Å². The molecule has 0 amide bonds. The fraction of sp³-hybridized carbons (Fsp3) is 0.571. The van der Waals surface area contributed by atoms with E-state index in [1.54, 1.807) is 6.92 Å². The largest absolute Gasteiger partial charge is 0.416 e. The van der Waals surface area contributed by atoms with Crippen molar-refractivity contribution in [2.24, 2.45) is 0 Å². The van der Waals surface area contributed by atoms with E-state index in [0.29, 0.717) is 0 Å². The summed E-state index contributed by atoms with van der Waals surface area (Å²) in [4.78, 5) is 0. The summed E-state index contributed by atoms with van der Waals surface area (Å²) in [6.07, 6.45) is -4.21. The van der Waals surface area contributed by atoms with Crippen molar-refractivity contribution in [2.45, 2.75) is 54.6 Å². The van der Waals surface area contributed by atoms with Crippen molar-refractivity contribution in [3.8, 4) is 0 Å². The number of alkyl halides is 3. The molecular weight excluding hydrogens is 225 g/mol. The smallest absolute Gasteiger partial charge is 0.166 e. The summed E-state index contributed by atoms with van der Waals surface area (Å²) in [5, 5.41) is 0. The molecule has 17 heavy (non-hydrogen) atoms. The highest BCUT2D eigenvalue weighted by Gasteiger charge is 2.29. The second kappa shape index (κ2) is 13.1. The van der Waals surface area contributed by atoms with Gasteiger partial charge < -0.3 is 0 Å². The lowest BCUT2D eigenvalue weighted by atomic mass is 10.1. The molecule has 1 aromatic rings. The summed E-state index contributed by atoms with van der Waals surface area (Å²) in [6.45, 7) is 13.8. The Morgan fingerprint density at radius 1 is 0.706 bits per heavy atom. The first-order valence-electron chi connectivity index (χ1n) is 6.14. The molecule has 1 rings (SSSR count). The average Bonchev–Trinajstić information content (AvgIpc) is 2.36. The molecule has 0 fully saturated rings. The predicted molar refractivity (Wildman–Crippen MR) is 70.2 cm³/mol. The molecule has 3 heteroatoms. The van der Waals surface area contributed by atoms with Crippen LogP contribution in [0.2, 0.25) is 0 Å². The molecule has 0 unspecified atom stereocenters. The van der Waals surface area contributed by atoms with Crippen molar-refractivity contribution in [2.75, 3.05) is 0 Å². The van der Waals surface area contributed by atoms with Crippen LogP contribution in [0.3, 0.4) is 0 Å². The maximum Gasteiger partial charge on any atom is 0.416 e. The molecule has 0 bridgehead atoms. The topological polar surface area (TPSA) is 0 Å². The number of aryl methyl sites for hydroxylation is 1.